The number of benzene rings is 2. The lowest BCUT2D eigenvalue weighted by Gasteiger charge is -2.44. The fraction of sp³-hybridized carbons (Fsp3) is 0.350. The van der Waals surface area contributed by atoms with Crippen molar-refractivity contribution < 1.29 is 18.0 Å². The Kier molecular flexibility index (Phi) is 4.90. The van der Waals surface area contributed by atoms with Gasteiger partial charge in [-0.2, -0.15) is 13.2 Å². The molecule has 2 aromatic rings. The predicted octanol–water partition coefficient (Wildman–Crippen LogP) is 4.14. The molecular weight excluding hydrogens is 355 g/mol. The minimum atomic E-state index is -4.51. The summed E-state index contributed by atoms with van der Waals surface area (Å²) in [7, 11) is 0. The smallest absolute Gasteiger partial charge is 0.366 e. The third-order valence-corrected chi connectivity index (χ3v) is 5.03. The summed E-state index contributed by atoms with van der Waals surface area (Å²) < 4.78 is 41.4. The molecule has 1 amide bonds. The lowest BCUT2D eigenvalue weighted by Crippen LogP contribution is -2.57. The molecule has 144 valence electrons. The lowest BCUT2D eigenvalue weighted by atomic mass is 9.94. The lowest BCUT2D eigenvalue weighted by molar-refractivity contribution is -0.137. The van der Waals surface area contributed by atoms with Gasteiger partial charge in [-0.15, -0.1) is 0 Å². The van der Waals surface area contributed by atoms with E-state index in [-0.39, 0.29) is 5.69 Å². The minimum Gasteiger partial charge on any atom is -0.366 e. The molecule has 1 aliphatic rings. The second-order valence-corrected chi connectivity index (χ2v) is 7.14. The number of halogens is 3. The first kappa shape index (κ1) is 19.2. The van der Waals surface area contributed by atoms with Gasteiger partial charge in [0.25, 0.3) is 0 Å². The molecule has 0 radical (unpaired) electrons. The topological polar surface area (TPSA) is 72.3 Å². The highest BCUT2D eigenvalue weighted by atomic mass is 19.4. The zero-order valence-electron chi connectivity index (χ0n) is 15.0. The highest BCUT2D eigenvalue weighted by Crippen LogP contribution is 2.42. The molecule has 0 aliphatic carbocycles. The van der Waals surface area contributed by atoms with Crippen LogP contribution in [0, 0.1) is 0 Å². The number of rotatable bonds is 3. The molecule has 27 heavy (non-hydrogen) atoms. The normalized spacial score (nSPS) is 20.6. The van der Waals surface area contributed by atoms with Crippen LogP contribution in [0.25, 0.3) is 11.1 Å². The quantitative estimate of drug-likeness (QED) is 0.845. The van der Waals surface area contributed by atoms with Crippen molar-refractivity contribution in [2.45, 2.75) is 38.0 Å². The van der Waals surface area contributed by atoms with Gasteiger partial charge in [0.2, 0.25) is 5.91 Å². The summed E-state index contributed by atoms with van der Waals surface area (Å²) in [6.07, 6.45) is -2.16. The van der Waals surface area contributed by atoms with Gasteiger partial charge in [-0.25, -0.2) is 0 Å². The molecule has 1 aliphatic heterocycles. The van der Waals surface area contributed by atoms with E-state index in [9.17, 15) is 18.0 Å². The predicted molar refractivity (Wildman–Crippen MR) is 99.2 cm³/mol. The maximum atomic E-state index is 13.8. The second kappa shape index (κ2) is 6.88. The average molecular weight is 377 g/mol. The Bertz CT molecular complexity index is 845. The number of alkyl halides is 3. The van der Waals surface area contributed by atoms with E-state index in [4.69, 9.17) is 11.5 Å². The van der Waals surface area contributed by atoms with Crippen molar-refractivity contribution in [1.29, 1.82) is 0 Å². The average Bonchev–Trinajstić information content (AvgIpc) is 2.60. The van der Waals surface area contributed by atoms with Gasteiger partial charge in [0, 0.05) is 12.1 Å². The molecule has 1 saturated heterocycles. The molecule has 1 atom stereocenters. The van der Waals surface area contributed by atoms with Gasteiger partial charge in [0.15, 0.2) is 0 Å². The molecule has 1 unspecified atom stereocenters. The van der Waals surface area contributed by atoms with Gasteiger partial charge >= 0.3 is 6.18 Å². The fourth-order valence-electron chi connectivity index (χ4n) is 3.54. The van der Waals surface area contributed by atoms with Crippen LogP contribution in [0.2, 0.25) is 0 Å². The van der Waals surface area contributed by atoms with E-state index in [2.05, 4.69) is 0 Å². The maximum Gasteiger partial charge on any atom is 0.418 e. The van der Waals surface area contributed by atoms with Crippen LogP contribution in [0.15, 0.2) is 42.5 Å². The fourth-order valence-corrected chi connectivity index (χ4v) is 3.54. The third kappa shape index (κ3) is 3.93. The zero-order chi connectivity index (χ0) is 19.8. The Morgan fingerprint density at radius 2 is 1.70 bits per heavy atom. The van der Waals surface area contributed by atoms with Crippen molar-refractivity contribution in [1.82, 2.24) is 0 Å². The number of hydrogen-bond donors (Lipinski definition) is 2. The summed E-state index contributed by atoms with van der Waals surface area (Å²) in [4.78, 5) is 12.8. The van der Waals surface area contributed by atoms with Crippen LogP contribution < -0.4 is 16.4 Å². The van der Waals surface area contributed by atoms with Crippen LogP contribution >= 0.6 is 0 Å². The number of piperidine rings is 1. The van der Waals surface area contributed by atoms with Crippen molar-refractivity contribution in [3.05, 3.63) is 53.6 Å². The number of carbonyl (C=O) groups is 1. The number of nitrogens with zero attached hydrogens (tertiary/aromatic N) is 1. The molecule has 0 spiro atoms. The molecule has 0 saturated carbocycles. The molecule has 4 N–H and O–H groups in total. The molecule has 2 aromatic carbocycles. The first-order chi connectivity index (χ1) is 12.6. The van der Waals surface area contributed by atoms with Gasteiger partial charge in [0.1, 0.15) is 0 Å². The first-order valence-electron chi connectivity index (χ1n) is 8.77. The van der Waals surface area contributed by atoms with Crippen LogP contribution in [0.4, 0.5) is 18.9 Å². The number of primary amides is 1. The third-order valence-electron chi connectivity index (χ3n) is 5.03. The van der Waals surface area contributed by atoms with Gasteiger partial charge < -0.3 is 16.4 Å². The highest BCUT2D eigenvalue weighted by molar-refractivity contribution is 5.93. The van der Waals surface area contributed by atoms with E-state index in [1.54, 1.807) is 30.0 Å². The maximum absolute atomic E-state index is 13.8. The Hall–Kier alpha value is -2.54. The minimum absolute atomic E-state index is 0.102. The molecular formula is C20H22F3N3O. The number of carbonyl (C=O) groups excluding carboxylic acids is 1. The Balaban J connectivity index is 2.06. The van der Waals surface area contributed by atoms with Crippen LogP contribution in [0.5, 0.6) is 0 Å². The number of anilines is 1. The molecule has 7 heteroatoms. The Morgan fingerprint density at radius 3 is 2.26 bits per heavy atom. The largest absolute Gasteiger partial charge is 0.418 e. The van der Waals surface area contributed by atoms with Crippen LogP contribution in [0.1, 0.15) is 42.1 Å². The van der Waals surface area contributed by atoms with Crippen molar-refractivity contribution in [3.8, 4) is 11.1 Å². The molecule has 1 heterocycles. The SMILES string of the molecule is CC1(N)CCCCN1c1ccc(-c2ccc(C(N)=O)cc2)cc1C(F)(F)F. The van der Waals surface area contributed by atoms with E-state index in [0.29, 0.717) is 29.7 Å². The summed E-state index contributed by atoms with van der Waals surface area (Å²) in [5.74, 6) is -0.583. The van der Waals surface area contributed by atoms with Crippen molar-refractivity contribution in [2.75, 3.05) is 11.4 Å². The summed E-state index contributed by atoms with van der Waals surface area (Å²) in [6, 6.07) is 10.4. The standard InChI is InChI=1S/C20H22F3N3O/c1-19(25)10-2-3-11-26(19)17-9-8-15(12-16(17)20(21,22)23)13-4-6-14(7-5-13)18(24)27/h4-9,12H,2-3,10-11,25H2,1H3,(H2,24,27). The van der Waals surface area contributed by atoms with E-state index in [1.165, 1.54) is 18.2 Å². The summed E-state index contributed by atoms with van der Waals surface area (Å²) in [6.45, 7) is 2.26. The molecule has 4 nitrogen and oxygen atoms in total. The molecule has 1 fully saturated rings. The number of amides is 1. The molecule has 0 bridgehead atoms. The summed E-state index contributed by atoms with van der Waals surface area (Å²) >= 11 is 0. The summed E-state index contributed by atoms with van der Waals surface area (Å²) in [5.41, 5.74) is 11.4. The second-order valence-electron chi connectivity index (χ2n) is 7.14. The Labute approximate surface area is 155 Å². The van der Waals surface area contributed by atoms with E-state index in [0.717, 1.165) is 18.9 Å². The van der Waals surface area contributed by atoms with E-state index < -0.39 is 23.3 Å². The first-order valence-corrected chi connectivity index (χ1v) is 8.77. The molecule has 3 rings (SSSR count). The van der Waals surface area contributed by atoms with Gasteiger partial charge in [-0.05, 0) is 61.6 Å². The monoisotopic (exact) mass is 377 g/mol. The van der Waals surface area contributed by atoms with Crippen molar-refractivity contribution in [3.63, 3.8) is 0 Å². The van der Waals surface area contributed by atoms with Crippen LogP contribution in [0.3, 0.4) is 0 Å². The van der Waals surface area contributed by atoms with Crippen molar-refractivity contribution in [2.24, 2.45) is 11.5 Å². The van der Waals surface area contributed by atoms with Crippen LogP contribution in [-0.2, 0) is 6.18 Å². The van der Waals surface area contributed by atoms with E-state index >= 15 is 0 Å². The highest BCUT2D eigenvalue weighted by Gasteiger charge is 2.39. The van der Waals surface area contributed by atoms with Gasteiger partial charge in [0.05, 0.1) is 16.9 Å². The van der Waals surface area contributed by atoms with E-state index in [1.807, 2.05) is 0 Å². The van der Waals surface area contributed by atoms with Crippen molar-refractivity contribution >= 4 is 11.6 Å². The number of hydrogen-bond acceptors (Lipinski definition) is 3. The summed E-state index contributed by atoms with van der Waals surface area (Å²) in [5, 5.41) is 0. The van der Waals surface area contributed by atoms with Crippen LogP contribution in [-0.4, -0.2) is 18.1 Å². The van der Waals surface area contributed by atoms with Gasteiger partial charge in [-0.1, -0.05) is 18.2 Å². The molecule has 0 aromatic heterocycles. The Morgan fingerprint density at radius 1 is 1.07 bits per heavy atom. The van der Waals surface area contributed by atoms with Gasteiger partial charge in [-0.3, -0.25) is 4.79 Å². The zero-order valence-corrected chi connectivity index (χ0v) is 15.0. The number of nitrogens with two attached hydrogens (primary N) is 2.